The number of esters is 1. The first-order chi connectivity index (χ1) is 12.6. The lowest BCUT2D eigenvalue weighted by atomic mass is 9.89. The molecule has 0 fully saturated rings. The van der Waals surface area contributed by atoms with Crippen LogP contribution in [-0.4, -0.2) is 12.1 Å². The van der Waals surface area contributed by atoms with Crippen LogP contribution in [0.15, 0.2) is 12.2 Å². The van der Waals surface area contributed by atoms with Crippen molar-refractivity contribution in [2.45, 2.75) is 130 Å². The topological polar surface area (TPSA) is 26.3 Å². The van der Waals surface area contributed by atoms with Crippen LogP contribution < -0.4 is 0 Å². The fourth-order valence-corrected chi connectivity index (χ4v) is 3.59. The minimum absolute atomic E-state index is 0.0750. The summed E-state index contributed by atoms with van der Waals surface area (Å²) in [6.07, 6.45) is 19.0. The largest absolute Gasteiger partial charge is 0.459 e. The van der Waals surface area contributed by atoms with Crippen LogP contribution in [0.5, 0.6) is 0 Å². The van der Waals surface area contributed by atoms with Gasteiger partial charge in [0.2, 0.25) is 0 Å². The molecule has 0 heterocycles. The van der Waals surface area contributed by atoms with Crippen LogP contribution in [-0.2, 0) is 9.53 Å². The van der Waals surface area contributed by atoms with Crippen LogP contribution in [0.1, 0.15) is 124 Å². The third-order valence-electron chi connectivity index (χ3n) is 5.43. The van der Waals surface area contributed by atoms with Gasteiger partial charge in [-0.15, -0.1) is 0 Å². The van der Waals surface area contributed by atoms with E-state index in [2.05, 4.69) is 27.4 Å². The molecule has 154 valence electrons. The fourth-order valence-electron chi connectivity index (χ4n) is 3.59. The molecule has 2 atom stereocenters. The standard InChI is InChI=1S/C24H46O2/c1-6-9-11-13-15-17-19-22(8-3)23(26-24(25)21(4)5)20-18-16-14-12-10-7-2/h22-23H,4,6-20H2,1-3,5H3. The van der Waals surface area contributed by atoms with Gasteiger partial charge in [-0.25, -0.2) is 4.79 Å². The Morgan fingerprint density at radius 2 is 1.23 bits per heavy atom. The van der Waals surface area contributed by atoms with Crippen molar-refractivity contribution in [1.82, 2.24) is 0 Å². The number of carbonyl (C=O) groups is 1. The Balaban J connectivity index is 4.37. The Kier molecular flexibility index (Phi) is 17.1. The highest BCUT2D eigenvalue weighted by Crippen LogP contribution is 2.25. The monoisotopic (exact) mass is 366 g/mol. The summed E-state index contributed by atoms with van der Waals surface area (Å²) < 4.78 is 5.85. The minimum atomic E-state index is -0.206. The molecule has 2 nitrogen and oxygen atoms in total. The molecule has 0 saturated carbocycles. The van der Waals surface area contributed by atoms with Gasteiger partial charge < -0.3 is 4.74 Å². The predicted octanol–water partition coefficient (Wildman–Crippen LogP) is 8.00. The van der Waals surface area contributed by atoms with E-state index in [-0.39, 0.29) is 12.1 Å². The molecule has 0 aromatic rings. The van der Waals surface area contributed by atoms with Gasteiger partial charge in [0.1, 0.15) is 6.10 Å². The van der Waals surface area contributed by atoms with Crippen LogP contribution in [0.3, 0.4) is 0 Å². The molecule has 0 aliphatic rings. The molecule has 0 saturated heterocycles. The van der Waals surface area contributed by atoms with Gasteiger partial charge in [-0.2, -0.15) is 0 Å². The first kappa shape index (κ1) is 25.2. The Hall–Kier alpha value is -0.790. The zero-order valence-electron chi connectivity index (χ0n) is 18.3. The summed E-state index contributed by atoms with van der Waals surface area (Å²) in [7, 11) is 0. The molecular formula is C24H46O2. The van der Waals surface area contributed by atoms with Crippen molar-refractivity contribution in [2.24, 2.45) is 5.92 Å². The SMILES string of the molecule is C=C(C)C(=O)OC(CCCCCCCC)C(CC)CCCCCCCC. The fraction of sp³-hybridized carbons (Fsp3) is 0.875. The van der Waals surface area contributed by atoms with Gasteiger partial charge in [0.15, 0.2) is 0 Å². The van der Waals surface area contributed by atoms with Gasteiger partial charge in [0.05, 0.1) is 0 Å². The Morgan fingerprint density at radius 3 is 1.69 bits per heavy atom. The Morgan fingerprint density at radius 1 is 0.769 bits per heavy atom. The lowest BCUT2D eigenvalue weighted by Gasteiger charge is -2.26. The highest BCUT2D eigenvalue weighted by Gasteiger charge is 2.23. The summed E-state index contributed by atoms with van der Waals surface area (Å²) in [6, 6.07) is 0. The molecule has 0 rings (SSSR count). The average Bonchev–Trinajstić information content (AvgIpc) is 2.63. The molecule has 0 aliphatic heterocycles. The summed E-state index contributed by atoms with van der Waals surface area (Å²) >= 11 is 0. The second kappa shape index (κ2) is 17.6. The van der Waals surface area contributed by atoms with E-state index in [9.17, 15) is 4.79 Å². The van der Waals surface area contributed by atoms with Crippen LogP contribution >= 0.6 is 0 Å². The van der Waals surface area contributed by atoms with Crippen molar-refractivity contribution < 1.29 is 9.53 Å². The highest BCUT2D eigenvalue weighted by atomic mass is 16.5. The molecule has 0 aromatic heterocycles. The van der Waals surface area contributed by atoms with Gasteiger partial charge in [-0.1, -0.05) is 98.0 Å². The van der Waals surface area contributed by atoms with E-state index in [1.807, 2.05) is 0 Å². The number of unbranched alkanes of at least 4 members (excludes halogenated alkanes) is 10. The van der Waals surface area contributed by atoms with Crippen LogP contribution in [0, 0.1) is 5.92 Å². The summed E-state index contributed by atoms with van der Waals surface area (Å²) in [5.74, 6) is 0.294. The number of hydrogen-bond donors (Lipinski definition) is 0. The van der Waals surface area contributed by atoms with E-state index in [4.69, 9.17) is 4.74 Å². The molecule has 0 aromatic carbocycles. The maximum absolute atomic E-state index is 12.1. The van der Waals surface area contributed by atoms with E-state index in [0.29, 0.717) is 11.5 Å². The zero-order chi connectivity index (χ0) is 19.6. The summed E-state index contributed by atoms with van der Waals surface area (Å²) in [5.41, 5.74) is 0.521. The average molecular weight is 367 g/mol. The highest BCUT2D eigenvalue weighted by molar-refractivity contribution is 5.87. The maximum Gasteiger partial charge on any atom is 0.333 e. The van der Waals surface area contributed by atoms with Crippen molar-refractivity contribution in [3.8, 4) is 0 Å². The van der Waals surface area contributed by atoms with Crippen molar-refractivity contribution in [1.29, 1.82) is 0 Å². The molecule has 0 bridgehead atoms. The lowest BCUT2D eigenvalue weighted by molar-refractivity contribution is -0.147. The van der Waals surface area contributed by atoms with Gasteiger partial charge in [0, 0.05) is 5.57 Å². The second-order valence-electron chi connectivity index (χ2n) is 8.01. The van der Waals surface area contributed by atoms with Crippen molar-refractivity contribution >= 4 is 5.97 Å². The predicted molar refractivity (Wildman–Crippen MR) is 114 cm³/mol. The molecule has 0 amide bonds. The zero-order valence-corrected chi connectivity index (χ0v) is 18.3. The quantitative estimate of drug-likeness (QED) is 0.139. The summed E-state index contributed by atoms with van der Waals surface area (Å²) in [6.45, 7) is 12.3. The molecule has 0 radical (unpaired) electrons. The molecular weight excluding hydrogens is 320 g/mol. The number of rotatable bonds is 18. The molecule has 2 heteroatoms. The Labute approximate surface area is 164 Å². The third-order valence-corrected chi connectivity index (χ3v) is 5.43. The van der Waals surface area contributed by atoms with E-state index >= 15 is 0 Å². The normalized spacial score (nSPS) is 13.4. The number of ether oxygens (including phenoxy) is 1. The minimum Gasteiger partial charge on any atom is -0.459 e. The number of carbonyl (C=O) groups excluding carboxylic acids is 1. The van der Waals surface area contributed by atoms with E-state index in [0.717, 1.165) is 12.8 Å². The molecule has 0 aliphatic carbocycles. The van der Waals surface area contributed by atoms with E-state index < -0.39 is 0 Å². The first-order valence-electron chi connectivity index (χ1n) is 11.4. The van der Waals surface area contributed by atoms with E-state index in [1.165, 1.54) is 83.5 Å². The first-order valence-corrected chi connectivity index (χ1v) is 11.4. The molecule has 26 heavy (non-hydrogen) atoms. The molecule has 2 unspecified atom stereocenters. The smallest absolute Gasteiger partial charge is 0.333 e. The van der Waals surface area contributed by atoms with Gasteiger partial charge in [-0.05, 0) is 38.5 Å². The molecule has 0 spiro atoms. The van der Waals surface area contributed by atoms with Crippen molar-refractivity contribution in [3.05, 3.63) is 12.2 Å². The maximum atomic E-state index is 12.1. The third kappa shape index (κ3) is 13.4. The van der Waals surface area contributed by atoms with Crippen molar-refractivity contribution in [3.63, 3.8) is 0 Å². The van der Waals surface area contributed by atoms with Crippen LogP contribution in [0.2, 0.25) is 0 Å². The Bertz CT molecular complexity index is 348. The lowest BCUT2D eigenvalue weighted by Crippen LogP contribution is -2.27. The van der Waals surface area contributed by atoms with Crippen LogP contribution in [0.4, 0.5) is 0 Å². The van der Waals surface area contributed by atoms with E-state index in [1.54, 1.807) is 6.92 Å². The molecule has 0 N–H and O–H groups in total. The van der Waals surface area contributed by atoms with Crippen LogP contribution in [0.25, 0.3) is 0 Å². The van der Waals surface area contributed by atoms with Gasteiger partial charge >= 0.3 is 5.97 Å². The summed E-state index contributed by atoms with van der Waals surface area (Å²) in [5, 5.41) is 0. The van der Waals surface area contributed by atoms with Gasteiger partial charge in [0.25, 0.3) is 0 Å². The second-order valence-corrected chi connectivity index (χ2v) is 8.01. The summed E-state index contributed by atoms with van der Waals surface area (Å²) in [4.78, 5) is 12.1. The van der Waals surface area contributed by atoms with Gasteiger partial charge in [-0.3, -0.25) is 0 Å². The van der Waals surface area contributed by atoms with Crippen molar-refractivity contribution in [2.75, 3.05) is 0 Å². The number of hydrogen-bond acceptors (Lipinski definition) is 2.